The van der Waals surface area contributed by atoms with Crippen LogP contribution in [0.5, 0.6) is 0 Å². The van der Waals surface area contributed by atoms with Crippen LogP contribution in [0.1, 0.15) is 13.3 Å². The van der Waals surface area contributed by atoms with Crippen molar-refractivity contribution in [2.45, 2.75) is 13.3 Å². The van der Waals surface area contributed by atoms with Crippen molar-refractivity contribution in [3.05, 3.63) is 23.1 Å². The Balaban J connectivity index is 4.13. The van der Waals surface area contributed by atoms with E-state index in [4.69, 9.17) is 0 Å². The van der Waals surface area contributed by atoms with Gasteiger partial charge in [0.2, 0.25) is 0 Å². The minimum Gasteiger partial charge on any atom is -0.381 e. The highest BCUT2D eigenvalue weighted by atomic mass is 79.9. The maximum atomic E-state index is 3.57. The zero-order valence-electron chi connectivity index (χ0n) is 6.37. The largest absolute Gasteiger partial charge is 0.381 e. The van der Waals surface area contributed by atoms with Gasteiger partial charge >= 0.3 is 0 Å². The Morgan fingerprint density at radius 1 is 1.70 bits per heavy atom. The van der Waals surface area contributed by atoms with Gasteiger partial charge in [0.15, 0.2) is 0 Å². The van der Waals surface area contributed by atoms with E-state index in [9.17, 15) is 0 Å². The lowest BCUT2D eigenvalue weighted by Gasteiger charge is -2.06. The van der Waals surface area contributed by atoms with E-state index in [1.54, 1.807) is 6.20 Å². The van der Waals surface area contributed by atoms with Crippen molar-refractivity contribution in [1.29, 1.82) is 0 Å². The first kappa shape index (κ1) is 9.56. The van der Waals surface area contributed by atoms with Gasteiger partial charge < -0.3 is 10.6 Å². The maximum absolute atomic E-state index is 3.57. The number of nitrogens with one attached hydrogen (secondary N) is 2. The highest BCUT2D eigenvalue weighted by molar-refractivity contribution is 9.11. The Bertz CT molecular complexity index is 141. The van der Waals surface area contributed by atoms with E-state index in [0.29, 0.717) is 0 Å². The molecular formula is C7H13BrN2. The molecule has 58 valence electrons. The molecule has 0 aliphatic heterocycles. The molecule has 2 N–H and O–H groups in total. The van der Waals surface area contributed by atoms with Crippen LogP contribution in [0.4, 0.5) is 0 Å². The van der Waals surface area contributed by atoms with Gasteiger partial charge in [-0.3, -0.25) is 0 Å². The summed E-state index contributed by atoms with van der Waals surface area (Å²) in [7, 11) is 1.87. The van der Waals surface area contributed by atoms with E-state index in [0.717, 1.165) is 16.7 Å². The summed E-state index contributed by atoms with van der Waals surface area (Å²) in [6.07, 6.45) is 2.62. The minimum absolute atomic E-state index is 0.952. The lowest BCUT2D eigenvalue weighted by Crippen LogP contribution is -2.11. The van der Waals surface area contributed by atoms with Gasteiger partial charge in [-0.2, -0.15) is 0 Å². The Morgan fingerprint density at radius 3 is 2.60 bits per heavy atom. The molecule has 10 heavy (non-hydrogen) atoms. The van der Waals surface area contributed by atoms with Crippen LogP contribution in [-0.4, -0.2) is 7.05 Å². The second-order valence-corrected chi connectivity index (χ2v) is 2.54. The van der Waals surface area contributed by atoms with Crippen molar-refractivity contribution in [2.24, 2.45) is 0 Å². The molecule has 0 aliphatic rings. The summed E-state index contributed by atoms with van der Waals surface area (Å²) >= 11 is 3.36. The maximum Gasteiger partial charge on any atom is 0.0973 e. The SMILES string of the molecule is C=CN/C(CC)=C(\Br)NC. The molecule has 0 amide bonds. The molecule has 0 unspecified atom stereocenters. The molecule has 0 aromatic heterocycles. The normalized spacial score (nSPS) is 11.9. The van der Waals surface area contributed by atoms with Crippen molar-refractivity contribution in [2.75, 3.05) is 7.05 Å². The van der Waals surface area contributed by atoms with Gasteiger partial charge in [0.25, 0.3) is 0 Å². The van der Waals surface area contributed by atoms with Gasteiger partial charge in [0.1, 0.15) is 0 Å². The van der Waals surface area contributed by atoms with E-state index in [1.165, 1.54) is 0 Å². The number of halogens is 1. The van der Waals surface area contributed by atoms with Gasteiger partial charge in [-0.15, -0.1) is 0 Å². The molecule has 0 aliphatic carbocycles. The Morgan fingerprint density at radius 2 is 2.30 bits per heavy atom. The zero-order valence-corrected chi connectivity index (χ0v) is 7.96. The van der Waals surface area contributed by atoms with Crippen molar-refractivity contribution >= 4 is 15.9 Å². The highest BCUT2D eigenvalue weighted by Crippen LogP contribution is 2.07. The molecule has 0 spiro atoms. The second-order valence-electron chi connectivity index (χ2n) is 1.74. The standard InChI is InChI=1S/C7H13BrN2/c1-4-6(10-5-2)7(8)9-3/h5,9-10H,2,4H2,1,3H3/b7-6+. The average Bonchev–Trinajstić information content (AvgIpc) is 1.99. The predicted octanol–water partition coefficient (Wildman–Crippen LogP) is 1.91. The number of rotatable bonds is 4. The number of hydrogen-bond acceptors (Lipinski definition) is 2. The summed E-state index contributed by atoms with van der Waals surface area (Å²) in [4.78, 5) is 0. The molecule has 0 atom stereocenters. The molecule has 0 bridgehead atoms. The van der Waals surface area contributed by atoms with Crippen molar-refractivity contribution in [1.82, 2.24) is 10.6 Å². The van der Waals surface area contributed by atoms with Crippen LogP contribution in [0.3, 0.4) is 0 Å². The molecule has 2 nitrogen and oxygen atoms in total. The van der Waals surface area contributed by atoms with E-state index < -0.39 is 0 Å². The van der Waals surface area contributed by atoms with Crippen LogP contribution < -0.4 is 10.6 Å². The molecule has 0 saturated carbocycles. The second kappa shape index (κ2) is 5.35. The first-order chi connectivity index (χ1) is 4.76. The molecule has 0 heterocycles. The average molecular weight is 205 g/mol. The summed E-state index contributed by atoms with van der Waals surface area (Å²) in [6, 6.07) is 0. The van der Waals surface area contributed by atoms with Crippen LogP contribution in [0, 0.1) is 0 Å². The van der Waals surface area contributed by atoms with E-state index >= 15 is 0 Å². The van der Waals surface area contributed by atoms with Crippen LogP contribution in [0.2, 0.25) is 0 Å². The van der Waals surface area contributed by atoms with Gasteiger partial charge in [-0.1, -0.05) is 13.5 Å². The van der Waals surface area contributed by atoms with Crippen molar-refractivity contribution in [3.63, 3.8) is 0 Å². The smallest absolute Gasteiger partial charge is 0.0973 e. The molecule has 0 aromatic rings. The summed E-state index contributed by atoms with van der Waals surface area (Å²) < 4.78 is 0.981. The van der Waals surface area contributed by atoms with Gasteiger partial charge in [-0.05, 0) is 28.6 Å². The lowest BCUT2D eigenvalue weighted by atomic mass is 10.3. The summed E-state index contributed by atoms with van der Waals surface area (Å²) in [5, 5.41) is 6.00. The van der Waals surface area contributed by atoms with Crippen LogP contribution in [-0.2, 0) is 0 Å². The Hall–Kier alpha value is -0.440. The lowest BCUT2D eigenvalue weighted by molar-refractivity contribution is 0.898. The molecule has 0 rings (SSSR count). The highest BCUT2D eigenvalue weighted by Gasteiger charge is 1.95. The fourth-order valence-corrected chi connectivity index (χ4v) is 0.990. The van der Waals surface area contributed by atoms with E-state index in [-0.39, 0.29) is 0 Å². The molecule has 0 fully saturated rings. The fraction of sp³-hybridized carbons (Fsp3) is 0.429. The summed E-state index contributed by atoms with van der Waals surface area (Å²) in [5.74, 6) is 0. The zero-order chi connectivity index (χ0) is 7.98. The topological polar surface area (TPSA) is 24.1 Å². The Kier molecular flexibility index (Phi) is 5.12. The third-order valence-electron chi connectivity index (χ3n) is 1.11. The van der Waals surface area contributed by atoms with E-state index in [1.807, 2.05) is 7.05 Å². The number of hydrogen-bond donors (Lipinski definition) is 2. The first-order valence-electron chi connectivity index (χ1n) is 3.20. The molecule has 0 saturated heterocycles. The van der Waals surface area contributed by atoms with Crippen LogP contribution in [0.25, 0.3) is 0 Å². The summed E-state index contributed by atoms with van der Waals surface area (Å²) in [5.41, 5.74) is 1.11. The first-order valence-corrected chi connectivity index (χ1v) is 3.99. The third kappa shape index (κ3) is 2.92. The van der Waals surface area contributed by atoms with Crippen LogP contribution >= 0.6 is 15.9 Å². The number of allylic oxidation sites excluding steroid dienone is 1. The van der Waals surface area contributed by atoms with Crippen LogP contribution in [0.15, 0.2) is 23.1 Å². The molecule has 3 heteroatoms. The minimum atomic E-state index is 0.952. The van der Waals surface area contributed by atoms with Gasteiger partial charge in [0, 0.05) is 12.7 Å². The molecule has 0 aromatic carbocycles. The molecule has 0 radical (unpaired) electrons. The predicted molar refractivity (Wildman–Crippen MR) is 48.6 cm³/mol. The fourth-order valence-electron chi connectivity index (χ4n) is 0.595. The van der Waals surface area contributed by atoms with Gasteiger partial charge in [-0.25, -0.2) is 0 Å². The quantitative estimate of drug-likeness (QED) is 0.685. The van der Waals surface area contributed by atoms with Crippen molar-refractivity contribution in [3.8, 4) is 0 Å². The van der Waals surface area contributed by atoms with E-state index in [2.05, 4.69) is 40.1 Å². The summed E-state index contributed by atoms with van der Waals surface area (Å²) in [6.45, 7) is 5.65. The molecular weight excluding hydrogens is 192 g/mol. The van der Waals surface area contributed by atoms with Crippen molar-refractivity contribution < 1.29 is 0 Å². The third-order valence-corrected chi connectivity index (χ3v) is 1.99. The van der Waals surface area contributed by atoms with Gasteiger partial charge in [0.05, 0.1) is 4.61 Å². The monoisotopic (exact) mass is 204 g/mol. The Labute approximate surface area is 70.5 Å².